The highest BCUT2D eigenvalue weighted by atomic mass is 32.2. The highest BCUT2D eigenvalue weighted by molar-refractivity contribution is 8.15. The van der Waals surface area contributed by atoms with Crippen LogP contribution in [0.1, 0.15) is 23.7 Å². The van der Waals surface area contributed by atoms with Crippen LogP contribution in [0.5, 0.6) is 5.75 Å². The first kappa shape index (κ1) is 17.6. The second-order valence-corrected chi connectivity index (χ2v) is 7.08. The Morgan fingerprint density at radius 2 is 1.88 bits per heavy atom. The van der Waals surface area contributed by atoms with Gasteiger partial charge in [0.1, 0.15) is 24.3 Å². The minimum Gasteiger partial charge on any atom is -0.491 e. The van der Waals surface area contributed by atoms with Crippen molar-refractivity contribution in [3.05, 3.63) is 65.5 Å². The summed E-state index contributed by atoms with van der Waals surface area (Å²) < 4.78 is 19.1. The second-order valence-electron chi connectivity index (χ2n) is 5.82. The van der Waals surface area contributed by atoms with E-state index in [0.717, 1.165) is 17.3 Å². The summed E-state index contributed by atoms with van der Waals surface area (Å²) in [6.07, 6.45) is -0.530. The van der Waals surface area contributed by atoms with Crippen LogP contribution in [0.3, 0.4) is 0 Å². The number of aliphatic hydroxyl groups is 1. The van der Waals surface area contributed by atoms with Crippen molar-refractivity contribution in [3.8, 4) is 5.75 Å². The van der Waals surface area contributed by atoms with E-state index in [9.17, 15) is 19.1 Å². The molecule has 0 aliphatic carbocycles. The van der Waals surface area contributed by atoms with Crippen LogP contribution < -0.4 is 4.74 Å². The summed E-state index contributed by atoms with van der Waals surface area (Å²) in [5.41, 5.74) is 1.13. The van der Waals surface area contributed by atoms with Gasteiger partial charge in [0, 0.05) is 5.56 Å². The van der Waals surface area contributed by atoms with E-state index in [2.05, 4.69) is 0 Å². The van der Waals surface area contributed by atoms with Gasteiger partial charge in [0.2, 0.25) is 0 Å². The lowest BCUT2D eigenvalue weighted by Crippen LogP contribution is -2.13. The minimum absolute atomic E-state index is 0.0183. The van der Waals surface area contributed by atoms with Gasteiger partial charge >= 0.3 is 0 Å². The van der Waals surface area contributed by atoms with E-state index in [1.807, 2.05) is 12.1 Å². The summed E-state index contributed by atoms with van der Waals surface area (Å²) in [6, 6.07) is 13.1. The molecule has 6 heteroatoms. The molecule has 2 atom stereocenters. The fourth-order valence-electron chi connectivity index (χ4n) is 2.62. The van der Waals surface area contributed by atoms with Crippen LogP contribution in [0.4, 0.5) is 4.39 Å². The predicted molar refractivity (Wildman–Crippen MR) is 93.0 cm³/mol. The molecule has 2 aromatic rings. The molecule has 0 bridgehead atoms. The van der Waals surface area contributed by atoms with Crippen LogP contribution in [-0.4, -0.2) is 27.9 Å². The van der Waals surface area contributed by atoms with Gasteiger partial charge in [-0.05, 0) is 30.2 Å². The quantitative estimate of drug-likeness (QED) is 0.802. The number of halogens is 1. The lowest BCUT2D eigenvalue weighted by molar-refractivity contribution is -0.121. The molecule has 0 spiro atoms. The van der Waals surface area contributed by atoms with Gasteiger partial charge in [0.25, 0.3) is 0 Å². The van der Waals surface area contributed by atoms with Gasteiger partial charge in [-0.2, -0.15) is 0 Å². The van der Waals surface area contributed by atoms with E-state index in [1.165, 1.54) is 12.1 Å². The van der Waals surface area contributed by atoms with Gasteiger partial charge in [-0.3, -0.25) is 9.59 Å². The molecule has 2 unspecified atom stereocenters. The second kappa shape index (κ2) is 7.80. The number of Topliss-reactive ketones (excluding diaryl/α,β-unsaturated/α-hetero) is 1. The first-order valence-corrected chi connectivity index (χ1v) is 8.77. The van der Waals surface area contributed by atoms with Crippen molar-refractivity contribution in [3.63, 3.8) is 0 Å². The van der Waals surface area contributed by atoms with Crippen molar-refractivity contribution >= 4 is 22.7 Å². The van der Waals surface area contributed by atoms with Gasteiger partial charge in [0.05, 0.1) is 11.7 Å². The summed E-state index contributed by atoms with van der Waals surface area (Å²) in [6.45, 7) is -0.0637. The Balaban J connectivity index is 1.55. The normalized spacial score (nSPS) is 18.4. The lowest BCUT2D eigenvalue weighted by atomic mass is 10.1. The Morgan fingerprint density at radius 1 is 1.16 bits per heavy atom. The maximum Gasteiger partial charge on any atom is 0.197 e. The molecule has 1 saturated heterocycles. The van der Waals surface area contributed by atoms with Crippen LogP contribution in [0.2, 0.25) is 0 Å². The summed E-state index contributed by atoms with van der Waals surface area (Å²) in [4.78, 5) is 22.9. The Bertz CT molecular complexity index is 775. The smallest absolute Gasteiger partial charge is 0.197 e. The molecule has 1 N–H and O–H groups in total. The number of rotatable bonds is 6. The van der Waals surface area contributed by atoms with Gasteiger partial charge in [-0.25, -0.2) is 4.39 Å². The summed E-state index contributed by atoms with van der Waals surface area (Å²) in [5, 5.41) is 9.65. The molecule has 1 aliphatic rings. The van der Waals surface area contributed by atoms with Crippen molar-refractivity contribution in [2.45, 2.75) is 24.2 Å². The molecule has 0 aromatic heterocycles. The molecule has 25 heavy (non-hydrogen) atoms. The number of benzene rings is 2. The Hall–Kier alpha value is -2.18. The summed E-state index contributed by atoms with van der Waals surface area (Å²) >= 11 is 1.10. The molecule has 3 rings (SSSR count). The van der Waals surface area contributed by atoms with E-state index < -0.39 is 11.9 Å². The number of ether oxygens (including phenoxy) is 1. The summed E-state index contributed by atoms with van der Waals surface area (Å²) in [5.74, 6) is 0.0474. The average molecular weight is 360 g/mol. The Kier molecular flexibility index (Phi) is 5.50. The van der Waals surface area contributed by atoms with Crippen molar-refractivity contribution < 1.29 is 23.8 Å². The molecule has 4 nitrogen and oxygen atoms in total. The van der Waals surface area contributed by atoms with Gasteiger partial charge in [-0.15, -0.1) is 0 Å². The lowest BCUT2D eigenvalue weighted by Gasteiger charge is -2.14. The maximum absolute atomic E-state index is 13.6. The first-order valence-electron chi connectivity index (χ1n) is 7.89. The maximum atomic E-state index is 13.6. The van der Waals surface area contributed by atoms with Crippen LogP contribution in [-0.2, 0) is 16.0 Å². The molecular weight excluding hydrogens is 343 g/mol. The van der Waals surface area contributed by atoms with E-state index >= 15 is 0 Å². The zero-order valence-corrected chi connectivity index (χ0v) is 14.2. The minimum atomic E-state index is -1.06. The first-order chi connectivity index (χ1) is 12.0. The van der Waals surface area contributed by atoms with Crippen molar-refractivity contribution in [2.75, 3.05) is 6.61 Å². The van der Waals surface area contributed by atoms with Crippen molar-refractivity contribution in [1.29, 1.82) is 0 Å². The van der Waals surface area contributed by atoms with Crippen LogP contribution in [0.25, 0.3) is 0 Å². The van der Waals surface area contributed by atoms with Crippen LogP contribution >= 0.6 is 11.8 Å². The molecule has 1 fully saturated rings. The van der Waals surface area contributed by atoms with Gasteiger partial charge in [-0.1, -0.05) is 42.1 Å². The van der Waals surface area contributed by atoms with E-state index in [4.69, 9.17) is 4.74 Å². The number of carbonyl (C=O) groups excluding carboxylic acids is 2. The van der Waals surface area contributed by atoms with Crippen molar-refractivity contribution in [2.24, 2.45) is 0 Å². The standard InChI is InChI=1S/C19H17FO4S/c20-15-4-2-1-3-14(15)17(22)11-24-13-7-5-12(6-8-13)9-18-16(21)10-19(23)25-18/h1-8,17-18,22H,9-11H2. The van der Waals surface area contributed by atoms with E-state index in [1.54, 1.807) is 24.3 Å². The number of ketones is 1. The van der Waals surface area contributed by atoms with Crippen LogP contribution in [0.15, 0.2) is 48.5 Å². The van der Waals surface area contributed by atoms with E-state index in [-0.39, 0.29) is 34.7 Å². The fraction of sp³-hybridized carbons (Fsp3) is 0.263. The molecule has 0 radical (unpaired) electrons. The molecule has 0 amide bonds. The molecule has 0 saturated carbocycles. The van der Waals surface area contributed by atoms with Gasteiger partial charge in [0.15, 0.2) is 10.9 Å². The molecule has 130 valence electrons. The SMILES string of the molecule is O=C1CC(=O)C(Cc2ccc(OCC(O)c3ccccc3F)cc2)S1. The number of hydrogen-bond donors (Lipinski definition) is 1. The average Bonchev–Trinajstić information content (AvgIpc) is 2.91. The summed E-state index contributed by atoms with van der Waals surface area (Å²) in [7, 11) is 0. The highest BCUT2D eigenvalue weighted by Gasteiger charge is 2.31. The largest absolute Gasteiger partial charge is 0.491 e. The number of aliphatic hydroxyl groups excluding tert-OH is 1. The fourth-order valence-corrected chi connectivity index (χ4v) is 3.66. The Morgan fingerprint density at radius 3 is 2.52 bits per heavy atom. The molecule has 1 heterocycles. The zero-order chi connectivity index (χ0) is 17.8. The third kappa shape index (κ3) is 4.46. The van der Waals surface area contributed by atoms with Gasteiger partial charge < -0.3 is 9.84 Å². The molecular formula is C19H17FO4S. The third-order valence-corrected chi connectivity index (χ3v) is 5.09. The Labute approximate surface area is 149 Å². The monoisotopic (exact) mass is 360 g/mol. The number of carbonyl (C=O) groups is 2. The van der Waals surface area contributed by atoms with E-state index in [0.29, 0.717) is 12.2 Å². The molecule has 2 aromatic carbocycles. The number of hydrogen-bond acceptors (Lipinski definition) is 5. The highest BCUT2D eigenvalue weighted by Crippen LogP contribution is 2.28. The van der Waals surface area contributed by atoms with Crippen LogP contribution in [0, 0.1) is 5.82 Å². The van der Waals surface area contributed by atoms with Crippen molar-refractivity contribution in [1.82, 2.24) is 0 Å². The molecule has 1 aliphatic heterocycles. The predicted octanol–water partition coefficient (Wildman–Crippen LogP) is 3.08. The zero-order valence-electron chi connectivity index (χ0n) is 13.4. The number of thioether (sulfide) groups is 1. The topological polar surface area (TPSA) is 63.6 Å². The third-order valence-electron chi connectivity index (χ3n) is 3.97.